The lowest BCUT2D eigenvalue weighted by atomic mass is 10.3. The zero-order valence-electron chi connectivity index (χ0n) is 9.95. The lowest BCUT2D eigenvalue weighted by Gasteiger charge is -2.15. The van der Waals surface area contributed by atoms with Crippen LogP contribution in [0, 0.1) is 0 Å². The van der Waals surface area contributed by atoms with E-state index in [1.54, 1.807) is 24.3 Å². The highest BCUT2D eigenvalue weighted by atomic mass is 35.5. The van der Waals surface area contributed by atoms with Gasteiger partial charge in [0.2, 0.25) is 5.91 Å². The topological polar surface area (TPSA) is 58.4 Å². The summed E-state index contributed by atoms with van der Waals surface area (Å²) in [5.74, 6) is -0.0353. The van der Waals surface area contributed by atoms with E-state index in [4.69, 9.17) is 17.3 Å². The minimum absolute atomic E-state index is 0.0353. The lowest BCUT2D eigenvalue weighted by Crippen LogP contribution is -2.31. The molecule has 94 valence electrons. The molecule has 0 unspecified atom stereocenters. The molecule has 0 heterocycles. The lowest BCUT2D eigenvalue weighted by molar-refractivity contribution is -0.117. The predicted octanol–water partition coefficient (Wildman–Crippen LogP) is 1.56. The third kappa shape index (κ3) is 5.68. The van der Waals surface area contributed by atoms with Crippen molar-refractivity contribution in [2.24, 2.45) is 5.73 Å². The second-order valence-electron chi connectivity index (χ2n) is 3.94. The van der Waals surface area contributed by atoms with Crippen LogP contribution in [0.4, 0.5) is 5.69 Å². The summed E-state index contributed by atoms with van der Waals surface area (Å²) >= 11 is 5.76. The van der Waals surface area contributed by atoms with Crippen molar-refractivity contribution in [2.45, 2.75) is 6.42 Å². The van der Waals surface area contributed by atoms with Gasteiger partial charge in [-0.1, -0.05) is 11.6 Å². The number of nitrogens with one attached hydrogen (secondary N) is 1. The predicted molar refractivity (Wildman–Crippen MR) is 71.3 cm³/mol. The molecular weight excluding hydrogens is 238 g/mol. The Hall–Kier alpha value is -1.10. The molecule has 0 aliphatic heterocycles. The van der Waals surface area contributed by atoms with E-state index < -0.39 is 0 Å². The Morgan fingerprint density at radius 2 is 2.06 bits per heavy atom. The Morgan fingerprint density at radius 1 is 1.41 bits per heavy atom. The fraction of sp³-hybridized carbons (Fsp3) is 0.417. The summed E-state index contributed by atoms with van der Waals surface area (Å²) in [5.41, 5.74) is 6.16. The first kappa shape index (κ1) is 14.0. The zero-order chi connectivity index (χ0) is 12.7. The quantitative estimate of drug-likeness (QED) is 0.811. The molecule has 1 rings (SSSR count). The SMILES string of the molecule is CN(CCCN)CC(=O)Nc1ccc(Cl)cc1. The van der Waals surface area contributed by atoms with Gasteiger partial charge in [-0.15, -0.1) is 0 Å². The highest BCUT2D eigenvalue weighted by Crippen LogP contribution is 2.13. The number of carbonyl (C=O) groups is 1. The second kappa shape index (κ2) is 7.27. The highest BCUT2D eigenvalue weighted by molar-refractivity contribution is 6.30. The first-order chi connectivity index (χ1) is 8.11. The number of anilines is 1. The monoisotopic (exact) mass is 255 g/mol. The van der Waals surface area contributed by atoms with Crippen LogP contribution in [0.2, 0.25) is 5.02 Å². The number of carbonyl (C=O) groups excluding carboxylic acids is 1. The summed E-state index contributed by atoms with van der Waals surface area (Å²) in [6, 6.07) is 7.05. The number of rotatable bonds is 6. The van der Waals surface area contributed by atoms with Crippen molar-refractivity contribution in [1.29, 1.82) is 0 Å². The van der Waals surface area contributed by atoms with Crippen molar-refractivity contribution < 1.29 is 4.79 Å². The Morgan fingerprint density at radius 3 is 2.65 bits per heavy atom. The largest absolute Gasteiger partial charge is 0.330 e. The molecule has 0 fully saturated rings. The van der Waals surface area contributed by atoms with E-state index in [-0.39, 0.29) is 5.91 Å². The molecule has 17 heavy (non-hydrogen) atoms. The van der Waals surface area contributed by atoms with E-state index >= 15 is 0 Å². The Labute approximate surface area is 107 Å². The number of hydrogen-bond acceptors (Lipinski definition) is 3. The van der Waals surface area contributed by atoms with Crippen molar-refractivity contribution >= 4 is 23.2 Å². The maximum atomic E-state index is 11.7. The van der Waals surface area contributed by atoms with Crippen molar-refractivity contribution in [2.75, 3.05) is 32.0 Å². The van der Waals surface area contributed by atoms with Gasteiger partial charge in [-0.2, -0.15) is 0 Å². The normalized spacial score (nSPS) is 10.6. The minimum Gasteiger partial charge on any atom is -0.330 e. The highest BCUT2D eigenvalue weighted by Gasteiger charge is 2.06. The number of nitrogens with zero attached hydrogens (tertiary/aromatic N) is 1. The molecule has 1 aromatic carbocycles. The maximum Gasteiger partial charge on any atom is 0.238 e. The van der Waals surface area contributed by atoms with Crippen LogP contribution in [-0.2, 0) is 4.79 Å². The first-order valence-electron chi connectivity index (χ1n) is 5.56. The van der Waals surface area contributed by atoms with Gasteiger partial charge >= 0.3 is 0 Å². The van der Waals surface area contributed by atoms with Crippen LogP contribution in [0.5, 0.6) is 0 Å². The van der Waals surface area contributed by atoms with E-state index in [0.29, 0.717) is 18.1 Å². The Balaban J connectivity index is 2.36. The molecule has 0 bridgehead atoms. The molecule has 1 aromatic rings. The van der Waals surface area contributed by atoms with E-state index in [2.05, 4.69) is 5.32 Å². The molecule has 5 heteroatoms. The number of likely N-dealkylation sites (N-methyl/N-ethyl adjacent to an activating group) is 1. The average Bonchev–Trinajstić information content (AvgIpc) is 2.29. The molecule has 1 amide bonds. The van der Waals surface area contributed by atoms with E-state index in [9.17, 15) is 4.79 Å². The number of halogens is 1. The van der Waals surface area contributed by atoms with Gasteiger partial charge in [0.05, 0.1) is 6.54 Å². The van der Waals surface area contributed by atoms with Crippen molar-refractivity contribution in [1.82, 2.24) is 4.90 Å². The number of hydrogen-bond donors (Lipinski definition) is 2. The van der Waals surface area contributed by atoms with E-state index in [1.165, 1.54) is 0 Å². The van der Waals surface area contributed by atoms with Gasteiger partial charge in [0.15, 0.2) is 0 Å². The van der Waals surface area contributed by atoms with E-state index in [0.717, 1.165) is 18.7 Å². The van der Waals surface area contributed by atoms with Crippen molar-refractivity contribution in [3.05, 3.63) is 29.3 Å². The Kier molecular flexibility index (Phi) is 5.97. The van der Waals surface area contributed by atoms with Gasteiger partial charge < -0.3 is 11.1 Å². The first-order valence-corrected chi connectivity index (χ1v) is 5.93. The second-order valence-corrected chi connectivity index (χ2v) is 4.37. The number of nitrogens with two attached hydrogens (primary N) is 1. The van der Waals surface area contributed by atoms with Gasteiger partial charge in [0, 0.05) is 10.7 Å². The third-order valence-corrected chi connectivity index (χ3v) is 2.54. The van der Waals surface area contributed by atoms with Gasteiger partial charge in [-0.05, 0) is 50.8 Å². The molecule has 0 aromatic heterocycles. The summed E-state index contributed by atoms with van der Waals surface area (Å²) in [5, 5.41) is 3.46. The van der Waals surface area contributed by atoms with Gasteiger partial charge in [-0.25, -0.2) is 0 Å². The van der Waals surface area contributed by atoms with Crippen molar-refractivity contribution in [3.8, 4) is 0 Å². The summed E-state index contributed by atoms with van der Waals surface area (Å²) in [6.45, 7) is 1.83. The Bertz CT molecular complexity index is 353. The van der Waals surface area contributed by atoms with Crippen LogP contribution < -0.4 is 11.1 Å². The number of amides is 1. The molecule has 0 aliphatic carbocycles. The van der Waals surface area contributed by atoms with Gasteiger partial charge in [0.1, 0.15) is 0 Å². The fourth-order valence-corrected chi connectivity index (χ4v) is 1.55. The summed E-state index contributed by atoms with van der Waals surface area (Å²) < 4.78 is 0. The smallest absolute Gasteiger partial charge is 0.238 e. The minimum atomic E-state index is -0.0353. The fourth-order valence-electron chi connectivity index (χ4n) is 1.42. The summed E-state index contributed by atoms with van der Waals surface area (Å²) in [4.78, 5) is 13.6. The molecule has 0 atom stereocenters. The molecule has 0 spiro atoms. The van der Waals surface area contributed by atoms with E-state index in [1.807, 2.05) is 11.9 Å². The molecule has 0 saturated carbocycles. The molecule has 0 radical (unpaired) electrons. The molecular formula is C12H18ClN3O. The summed E-state index contributed by atoms with van der Waals surface area (Å²) in [6.07, 6.45) is 0.894. The zero-order valence-corrected chi connectivity index (χ0v) is 10.7. The summed E-state index contributed by atoms with van der Waals surface area (Å²) in [7, 11) is 1.90. The van der Waals surface area contributed by atoms with Crippen LogP contribution in [0.1, 0.15) is 6.42 Å². The van der Waals surface area contributed by atoms with Crippen LogP contribution in [0.25, 0.3) is 0 Å². The van der Waals surface area contributed by atoms with Gasteiger partial charge in [0.25, 0.3) is 0 Å². The van der Waals surface area contributed by atoms with Crippen LogP contribution >= 0.6 is 11.6 Å². The standard InChI is InChI=1S/C12H18ClN3O/c1-16(8-2-7-14)9-12(17)15-11-5-3-10(13)4-6-11/h3-6H,2,7-9,14H2,1H3,(H,15,17). The molecule has 3 N–H and O–H groups in total. The van der Waals surface area contributed by atoms with Crippen LogP contribution in [0.15, 0.2) is 24.3 Å². The maximum absolute atomic E-state index is 11.7. The molecule has 0 aliphatic rings. The van der Waals surface area contributed by atoms with Crippen LogP contribution in [-0.4, -0.2) is 37.5 Å². The number of benzene rings is 1. The molecule has 4 nitrogen and oxygen atoms in total. The molecule has 0 saturated heterocycles. The van der Waals surface area contributed by atoms with Gasteiger partial charge in [-0.3, -0.25) is 9.69 Å². The third-order valence-electron chi connectivity index (χ3n) is 2.29. The van der Waals surface area contributed by atoms with Crippen LogP contribution in [0.3, 0.4) is 0 Å². The average molecular weight is 256 g/mol. The van der Waals surface area contributed by atoms with Crippen molar-refractivity contribution in [3.63, 3.8) is 0 Å².